The lowest BCUT2D eigenvalue weighted by atomic mass is 9.99. The van der Waals surface area contributed by atoms with Crippen molar-refractivity contribution < 1.29 is 46.9 Å². The fourth-order valence-corrected chi connectivity index (χ4v) is 6.66. The maximum atomic E-state index is 10.3. The number of furan rings is 1. The Kier molecular flexibility index (Phi) is 2.97. The van der Waals surface area contributed by atoms with E-state index in [1.54, 1.807) is 0 Å². The Morgan fingerprint density at radius 1 is 0.386 bits per heavy atom. The van der Waals surface area contributed by atoms with Gasteiger partial charge in [-0.2, -0.15) is 9.97 Å². The number of benzene rings is 8. The van der Waals surface area contributed by atoms with Gasteiger partial charge in [-0.15, -0.1) is 0 Å². The van der Waals surface area contributed by atoms with Crippen LogP contribution in [0.1, 0.15) is 42.5 Å². The van der Waals surface area contributed by atoms with E-state index in [9.17, 15) is 12.3 Å². The molecule has 0 N–H and O–H groups in total. The van der Waals surface area contributed by atoms with Crippen LogP contribution in [-0.4, -0.2) is 24.1 Å². The molecule has 0 spiro atoms. The van der Waals surface area contributed by atoms with Gasteiger partial charge in [0.25, 0.3) is 0 Å². The molecule has 4 aromatic heterocycles. The minimum absolute atomic E-state index is 0.511. The molecule has 4 heterocycles. The highest BCUT2D eigenvalue weighted by Gasteiger charge is 2.22. The zero-order valence-electron chi connectivity index (χ0n) is 59.1. The van der Waals surface area contributed by atoms with Gasteiger partial charge in [0.15, 0.2) is 11.6 Å². The number of aromatic nitrogens is 5. The SMILES string of the molecule is [2H]c1c([2H])c([2H])c(-c2nc(-c3c([2H])c([2H])c4c(oc5c([2H])c([2H])c([2H])c(-c6c([2H])c([2H])c([2H])c([2H])c6[2H])c54)c3[2H])nc(-n3c4c([2H])c([2H])c([2H])c([2H])c4c4c([2H])c5c6c([2H])c([2H])c([2H])c([2H])c6n(-c6c([2H])c([2H])c([2H])c([2H])c6[2H])c5c([2H])c43)n2)c([2H])c1[2H]. The summed E-state index contributed by atoms with van der Waals surface area (Å²) < 4.78 is 286. The molecule has 0 saturated carbocycles. The Morgan fingerprint density at radius 2 is 0.982 bits per heavy atom. The molecule has 6 nitrogen and oxygen atoms in total. The molecule has 0 radical (unpaired) electrons. The molecule has 266 valence electrons. The van der Waals surface area contributed by atoms with Crippen molar-refractivity contribution in [2.24, 2.45) is 0 Å². The van der Waals surface area contributed by atoms with Gasteiger partial charge in [-0.1, -0.05) is 133 Å². The zero-order chi connectivity index (χ0) is 64.4. The molecular weight excluding hydrogens is 699 g/mol. The second-order valence-electron chi connectivity index (χ2n) is 12.1. The average Bonchev–Trinajstić information content (AvgIpc) is 1.52. The molecule has 0 aliphatic rings. The van der Waals surface area contributed by atoms with Crippen molar-refractivity contribution in [1.82, 2.24) is 24.1 Å². The minimum atomic E-state index is -1.03. The smallest absolute Gasteiger partial charge is 0.238 e. The van der Waals surface area contributed by atoms with Crippen molar-refractivity contribution >= 4 is 65.6 Å². The largest absolute Gasteiger partial charge is 0.456 e. The fraction of sp³-hybridized carbons (Fsp3) is 0. The summed E-state index contributed by atoms with van der Waals surface area (Å²) in [7, 11) is 0. The molecule has 0 aliphatic heterocycles. The molecular formula is C51H31N5O. The summed E-state index contributed by atoms with van der Waals surface area (Å²) in [5.74, 6) is -2.83. The molecule has 0 fully saturated rings. The summed E-state index contributed by atoms with van der Waals surface area (Å²) in [5, 5.41) is -3.38. The number of fused-ring (bicyclic) bond motifs is 9. The van der Waals surface area contributed by atoms with Gasteiger partial charge in [0.1, 0.15) is 11.2 Å². The van der Waals surface area contributed by atoms with E-state index in [4.69, 9.17) is 34.6 Å². The van der Waals surface area contributed by atoms with E-state index in [-0.39, 0.29) is 0 Å². The van der Waals surface area contributed by atoms with E-state index in [0.29, 0.717) is 0 Å². The maximum absolute atomic E-state index is 10.3. The highest BCUT2D eigenvalue weighted by Crippen LogP contribution is 2.41. The summed E-state index contributed by atoms with van der Waals surface area (Å²) >= 11 is 0. The third kappa shape index (κ3) is 4.87. The predicted octanol–water partition coefficient (Wildman–Crippen LogP) is 13.0. The second-order valence-corrected chi connectivity index (χ2v) is 12.1. The number of nitrogens with zero attached hydrogens (tertiary/aromatic N) is 5. The Morgan fingerprint density at radius 3 is 1.70 bits per heavy atom. The van der Waals surface area contributed by atoms with Gasteiger partial charge in [-0.3, -0.25) is 4.57 Å². The zero-order valence-corrected chi connectivity index (χ0v) is 28.1. The molecule has 0 amide bonds. The number of hydrogen-bond acceptors (Lipinski definition) is 4. The van der Waals surface area contributed by atoms with Gasteiger partial charge in [0.2, 0.25) is 5.95 Å². The van der Waals surface area contributed by atoms with Crippen LogP contribution in [0.2, 0.25) is 0 Å². The summed E-state index contributed by atoms with van der Waals surface area (Å²) in [5.41, 5.74) is -7.86. The van der Waals surface area contributed by atoms with Crippen molar-refractivity contribution in [2.45, 2.75) is 0 Å². The Labute approximate surface area is 370 Å². The molecule has 8 aromatic carbocycles. The van der Waals surface area contributed by atoms with Gasteiger partial charge in [-0.05, 0) is 65.5 Å². The normalized spacial score (nSPS) is 19.5. The molecule has 6 heteroatoms. The lowest BCUT2D eigenvalue weighted by Gasteiger charge is -2.11. The molecule has 0 bridgehead atoms. The van der Waals surface area contributed by atoms with Crippen LogP contribution in [0.5, 0.6) is 0 Å². The maximum Gasteiger partial charge on any atom is 0.238 e. The first-order valence-electron chi connectivity index (χ1n) is 32.1. The number of hydrogen-bond donors (Lipinski definition) is 0. The Balaban J connectivity index is 1.31. The van der Waals surface area contributed by atoms with Crippen molar-refractivity contribution in [1.29, 1.82) is 0 Å². The van der Waals surface area contributed by atoms with Crippen LogP contribution in [0.4, 0.5) is 0 Å². The topological polar surface area (TPSA) is 61.7 Å². The summed E-state index contributed by atoms with van der Waals surface area (Å²) in [4.78, 5) is 13.5. The van der Waals surface area contributed by atoms with Crippen molar-refractivity contribution in [3.05, 3.63) is 187 Å². The van der Waals surface area contributed by atoms with Crippen LogP contribution < -0.4 is 0 Å². The Bertz CT molecular complexity index is 5270. The van der Waals surface area contributed by atoms with Crippen molar-refractivity contribution in [3.8, 4) is 45.5 Å². The van der Waals surface area contributed by atoms with Gasteiger partial charge in [-0.25, -0.2) is 4.98 Å². The van der Waals surface area contributed by atoms with Gasteiger partial charge < -0.3 is 8.98 Å². The van der Waals surface area contributed by atoms with Crippen LogP contribution in [-0.2, 0) is 0 Å². The van der Waals surface area contributed by atoms with E-state index in [1.807, 2.05) is 0 Å². The third-order valence-electron chi connectivity index (χ3n) is 8.99. The number of para-hydroxylation sites is 3. The van der Waals surface area contributed by atoms with E-state index in [1.165, 1.54) is 0 Å². The van der Waals surface area contributed by atoms with Crippen LogP contribution >= 0.6 is 0 Å². The van der Waals surface area contributed by atoms with Crippen LogP contribution in [0.15, 0.2) is 192 Å². The highest BCUT2D eigenvalue weighted by molar-refractivity contribution is 6.19. The summed E-state index contributed by atoms with van der Waals surface area (Å²) in [6, 6.07) is -28.5. The predicted molar refractivity (Wildman–Crippen MR) is 232 cm³/mol. The first-order valence-corrected chi connectivity index (χ1v) is 16.6. The molecule has 0 atom stereocenters. The third-order valence-corrected chi connectivity index (χ3v) is 8.99. The lowest BCUT2D eigenvalue weighted by molar-refractivity contribution is 0.669. The quantitative estimate of drug-likeness (QED) is 0.175. The molecule has 12 rings (SSSR count). The standard InChI is InChI=1S/C51H31N5O/c1-4-15-32(16-5-1)36-23-14-26-46-48(36)39-28-27-34(29-47(39)57-46)50-52-49(33-17-6-2-7-18-33)53-51(54-50)56-43-25-13-11-22-38(43)41-30-40-37-21-10-12-24-42(37)55(44(40)31-45(41)56)35-19-8-3-9-20-35/h1-31H/i1D,2D,3D,4D,5D,6D,7D,8D,9D,10D,11D,12D,13D,14D,15D,16D,17D,18D,19D,20D,21D,22D,23D,24D,25D,26D,27D,28D,29D,30D,31D. The van der Waals surface area contributed by atoms with Crippen LogP contribution in [0.3, 0.4) is 0 Å². The minimum Gasteiger partial charge on any atom is -0.456 e. The lowest BCUT2D eigenvalue weighted by Crippen LogP contribution is -2.06. The summed E-state index contributed by atoms with van der Waals surface area (Å²) in [6.07, 6.45) is 0. The molecule has 0 saturated heterocycles. The second kappa shape index (κ2) is 12.3. The summed E-state index contributed by atoms with van der Waals surface area (Å²) in [6.45, 7) is 0. The molecule has 0 unspecified atom stereocenters. The van der Waals surface area contributed by atoms with Crippen molar-refractivity contribution in [2.75, 3.05) is 0 Å². The first-order chi connectivity index (χ1) is 41.2. The van der Waals surface area contributed by atoms with Gasteiger partial charge in [0, 0.05) is 49.1 Å². The van der Waals surface area contributed by atoms with Gasteiger partial charge in [0.05, 0.1) is 64.6 Å². The average molecular weight is 761 g/mol. The van der Waals surface area contributed by atoms with E-state index < -0.39 is 298 Å². The molecule has 0 aliphatic carbocycles. The van der Waals surface area contributed by atoms with E-state index in [0.717, 1.165) is 9.13 Å². The van der Waals surface area contributed by atoms with Gasteiger partial charge >= 0.3 is 0 Å². The monoisotopic (exact) mass is 760 g/mol. The van der Waals surface area contributed by atoms with Crippen molar-refractivity contribution in [3.63, 3.8) is 0 Å². The van der Waals surface area contributed by atoms with E-state index >= 15 is 0 Å². The fourth-order valence-electron chi connectivity index (χ4n) is 6.66. The highest BCUT2D eigenvalue weighted by atomic mass is 16.3. The van der Waals surface area contributed by atoms with Crippen LogP contribution in [0.25, 0.3) is 111 Å². The molecule has 57 heavy (non-hydrogen) atoms. The van der Waals surface area contributed by atoms with Crippen LogP contribution in [0, 0.1) is 0 Å². The molecule has 12 aromatic rings. The Hall–Kier alpha value is -7.83. The first kappa shape index (κ1) is 13.7. The van der Waals surface area contributed by atoms with E-state index in [2.05, 4.69) is 15.0 Å². The number of rotatable bonds is 5.